The van der Waals surface area contributed by atoms with Crippen LogP contribution in [0.4, 0.5) is 0 Å². The molecule has 36 heavy (non-hydrogen) atoms. The first-order chi connectivity index (χ1) is 17.2. The van der Waals surface area contributed by atoms with Gasteiger partial charge >= 0.3 is 5.97 Å². The van der Waals surface area contributed by atoms with Crippen molar-refractivity contribution in [2.24, 2.45) is 0 Å². The first-order valence-electron chi connectivity index (χ1n) is 12.3. The Balaban J connectivity index is 1.77. The van der Waals surface area contributed by atoms with E-state index in [1.807, 2.05) is 26.8 Å². The molecule has 1 N–H and O–H groups in total. The number of hydrogen-bond donors (Lipinski definition) is 1. The molecule has 0 radical (unpaired) electrons. The van der Waals surface area contributed by atoms with E-state index >= 15 is 0 Å². The molecule has 2 atom stereocenters. The van der Waals surface area contributed by atoms with Gasteiger partial charge in [0.05, 0.1) is 11.6 Å². The van der Waals surface area contributed by atoms with Crippen molar-refractivity contribution >= 4 is 23.4 Å². The SMILES string of the molecule is CCN(CC)CCN1C(=O)C(=O)/C(=C(\O)c2ccc3c(c2)CC(C)O3)C1c1ccc(OC(C)=O)cc1. The Morgan fingerprint density at radius 2 is 1.83 bits per heavy atom. The van der Waals surface area contributed by atoms with Gasteiger partial charge in [-0.3, -0.25) is 14.4 Å². The molecule has 2 unspecified atom stereocenters. The van der Waals surface area contributed by atoms with E-state index in [2.05, 4.69) is 4.90 Å². The number of Topliss-reactive ketones (excluding diaryl/α,β-unsaturated/α-hetero) is 1. The van der Waals surface area contributed by atoms with Crippen LogP contribution in [0.15, 0.2) is 48.0 Å². The van der Waals surface area contributed by atoms with E-state index in [0.717, 1.165) is 24.4 Å². The number of fused-ring (bicyclic) bond motifs is 1. The van der Waals surface area contributed by atoms with Gasteiger partial charge in [-0.15, -0.1) is 0 Å². The van der Waals surface area contributed by atoms with Gasteiger partial charge in [-0.25, -0.2) is 0 Å². The molecular formula is C28H32N2O6. The predicted molar refractivity (Wildman–Crippen MR) is 135 cm³/mol. The number of likely N-dealkylation sites (N-methyl/N-ethyl adjacent to an activating group) is 1. The van der Waals surface area contributed by atoms with Crippen LogP contribution in [0.1, 0.15) is 50.4 Å². The number of amides is 1. The minimum absolute atomic E-state index is 0.0405. The quantitative estimate of drug-likeness (QED) is 0.197. The minimum Gasteiger partial charge on any atom is -0.507 e. The molecule has 0 saturated carbocycles. The molecule has 1 amide bonds. The van der Waals surface area contributed by atoms with Crippen molar-refractivity contribution < 1.29 is 29.0 Å². The maximum absolute atomic E-state index is 13.3. The topological polar surface area (TPSA) is 96.4 Å². The third kappa shape index (κ3) is 4.99. The van der Waals surface area contributed by atoms with Crippen LogP contribution in [0, 0.1) is 0 Å². The third-order valence-electron chi connectivity index (χ3n) is 6.72. The number of esters is 1. The summed E-state index contributed by atoms with van der Waals surface area (Å²) in [6.07, 6.45) is 0.745. The van der Waals surface area contributed by atoms with Crippen LogP contribution in [0.2, 0.25) is 0 Å². The summed E-state index contributed by atoms with van der Waals surface area (Å²) < 4.78 is 10.9. The number of aliphatic hydroxyl groups is 1. The lowest BCUT2D eigenvalue weighted by Crippen LogP contribution is -2.38. The number of ether oxygens (including phenoxy) is 2. The highest BCUT2D eigenvalue weighted by atomic mass is 16.5. The van der Waals surface area contributed by atoms with E-state index in [4.69, 9.17) is 9.47 Å². The molecule has 4 rings (SSSR count). The van der Waals surface area contributed by atoms with Crippen LogP contribution in [-0.4, -0.2) is 64.8 Å². The van der Waals surface area contributed by atoms with Gasteiger partial charge in [0.15, 0.2) is 0 Å². The van der Waals surface area contributed by atoms with Crippen molar-refractivity contribution in [3.63, 3.8) is 0 Å². The van der Waals surface area contributed by atoms with Crippen molar-refractivity contribution in [3.8, 4) is 11.5 Å². The van der Waals surface area contributed by atoms with Gasteiger partial charge < -0.3 is 24.4 Å². The number of benzene rings is 2. The lowest BCUT2D eigenvalue weighted by Gasteiger charge is -2.28. The molecule has 2 aliphatic heterocycles. The highest BCUT2D eigenvalue weighted by Gasteiger charge is 2.46. The number of likely N-dealkylation sites (tertiary alicyclic amines) is 1. The van der Waals surface area contributed by atoms with Crippen molar-refractivity contribution in [1.29, 1.82) is 0 Å². The van der Waals surface area contributed by atoms with Crippen LogP contribution in [0.5, 0.6) is 11.5 Å². The van der Waals surface area contributed by atoms with Gasteiger partial charge in [-0.2, -0.15) is 0 Å². The second-order valence-corrected chi connectivity index (χ2v) is 9.14. The van der Waals surface area contributed by atoms with Crippen LogP contribution in [-0.2, 0) is 20.8 Å². The lowest BCUT2D eigenvalue weighted by atomic mass is 9.94. The van der Waals surface area contributed by atoms with Gasteiger partial charge in [0.1, 0.15) is 23.4 Å². The Kier molecular flexibility index (Phi) is 7.45. The molecule has 0 aromatic heterocycles. The number of nitrogens with zero attached hydrogens (tertiary/aromatic N) is 2. The van der Waals surface area contributed by atoms with Gasteiger partial charge in [0.25, 0.3) is 11.7 Å². The lowest BCUT2D eigenvalue weighted by molar-refractivity contribution is -0.140. The maximum Gasteiger partial charge on any atom is 0.308 e. The molecule has 0 aliphatic carbocycles. The van der Waals surface area contributed by atoms with Crippen molar-refractivity contribution in [1.82, 2.24) is 9.80 Å². The predicted octanol–water partition coefficient (Wildman–Crippen LogP) is 3.70. The van der Waals surface area contributed by atoms with Crippen LogP contribution >= 0.6 is 0 Å². The molecule has 2 aromatic rings. The summed E-state index contributed by atoms with van der Waals surface area (Å²) in [6, 6.07) is 11.2. The van der Waals surface area contributed by atoms with Gasteiger partial charge in [-0.05, 0) is 61.5 Å². The summed E-state index contributed by atoms with van der Waals surface area (Å²) in [5.74, 6) is -0.893. The van der Waals surface area contributed by atoms with Gasteiger partial charge in [-0.1, -0.05) is 26.0 Å². The molecule has 190 valence electrons. The highest BCUT2D eigenvalue weighted by molar-refractivity contribution is 6.46. The van der Waals surface area contributed by atoms with E-state index in [1.165, 1.54) is 11.8 Å². The average molecular weight is 493 g/mol. The first kappa shape index (κ1) is 25.4. The molecule has 2 heterocycles. The summed E-state index contributed by atoms with van der Waals surface area (Å²) in [5.41, 5.74) is 2.11. The zero-order valence-electron chi connectivity index (χ0n) is 21.1. The largest absolute Gasteiger partial charge is 0.507 e. The smallest absolute Gasteiger partial charge is 0.308 e. The van der Waals surface area contributed by atoms with Gasteiger partial charge in [0, 0.05) is 32.0 Å². The van der Waals surface area contributed by atoms with Crippen molar-refractivity contribution in [2.75, 3.05) is 26.2 Å². The Morgan fingerprint density at radius 3 is 2.47 bits per heavy atom. The van der Waals surface area contributed by atoms with Crippen LogP contribution < -0.4 is 9.47 Å². The Morgan fingerprint density at radius 1 is 1.14 bits per heavy atom. The minimum atomic E-state index is -0.768. The van der Waals surface area contributed by atoms with E-state index in [-0.39, 0.29) is 17.4 Å². The summed E-state index contributed by atoms with van der Waals surface area (Å²) >= 11 is 0. The molecule has 2 aliphatic rings. The van der Waals surface area contributed by atoms with E-state index in [9.17, 15) is 19.5 Å². The molecular weight excluding hydrogens is 460 g/mol. The van der Waals surface area contributed by atoms with E-state index in [0.29, 0.717) is 36.4 Å². The normalized spacial score (nSPS) is 20.5. The van der Waals surface area contributed by atoms with E-state index in [1.54, 1.807) is 36.4 Å². The van der Waals surface area contributed by atoms with E-state index < -0.39 is 23.7 Å². The molecule has 0 bridgehead atoms. The Labute approximate surface area is 211 Å². The number of ketones is 1. The molecule has 2 aromatic carbocycles. The molecule has 0 spiro atoms. The Bertz CT molecular complexity index is 1200. The maximum atomic E-state index is 13.3. The second-order valence-electron chi connectivity index (χ2n) is 9.14. The molecule has 1 saturated heterocycles. The standard InChI is InChI=1S/C28H32N2O6/c1-5-29(6-2)13-14-30-25(19-7-10-22(11-8-19)36-18(4)31)24(27(33)28(30)34)26(32)20-9-12-23-21(16-20)15-17(3)35-23/h7-12,16-17,25,32H,5-6,13-15H2,1-4H3/b26-24-. The number of carbonyl (C=O) groups is 3. The first-order valence-corrected chi connectivity index (χ1v) is 12.3. The van der Waals surface area contributed by atoms with Crippen molar-refractivity contribution in [3.05, 3.63) is 64.7 Å². The van der Waals surface area contributed by atoms with Crippen LogP contribution in [0.25, 0.3) is 5.76 Å². The highest BCUT2D eigenvalue weighted by Crippen LogP contribution is 2.40. The number of rotatable bonds is 8. The molecule has 8 heteroatoms. The summed E-state index contributed by atoms with van der Waals surface area (Å²) in [6.45, 7) is 9.93. The fourth-order valence-corrected chi connectivity index (χ4v) is 4.86. The third-order valence-corrected chi connectivity index (χ3v) is 6.72. The number of carbonyl (C=O) groups excluding carboxylic acids is 3. The number of aliphatic hydroxyl groups excluding tert-OH is 1. The molecule has 1 fully saturated rings. The number of hydrogen-bond acceptors (Lipinski definition) is 7. The van der Waals surface area contributed by atoms with Crippen LogP contribution in [0.3, 0.4) is 0 Å². The average Bonchev–Trinajstić information content (AvgIpc) is 3.35. The van der Waals surface area contributed by atoms with Gasteiger partial charge in [0.2, 0.25) is 0 Å². The molecule has 8 nitrogen and oxygen atoms in total. The Hall–Kier alpha value is -3.65. The summed E-state index contributed by atoms with van der Waals surface area (Å²) in [5, 5.41) is 11.4. The second kappa shape index (κ2) is 10.5. The fraction of sp³-hybridized carbons (Fsp3) is 0.393. The zero-order chi connectivity index (χ0) is 26.0. The monoisotopic (exact) mass is 492 g/mol. The summed E-state index contributed by atoms with van der Waals surface area (Å²) in [7, 11) is 0. The summed E-state index contributed by atoms with van der Waals surface area (Å²) in [4.78, 5) is 41.5. The zero-order valence-corrected chi connectivity index (χ0v) is 21.1. The van der Waals surface area contributed by atoms with Crippen molar-refractivity contribution in [2.45, 2.75) is 46.3 Å². The fourth-order valence-electron chi connectivity index (χ4n) is 4.86.